The molecule has 0 aliphatic carbocycles. The summed E-state index contributed by atoms with van der Waals surface area (Å²) in [6.45, 7) is 1.37. The highest BCUT2D eigenvalue weighted by molar-refractivity contribution is 7.98. The van der Waals surface area contributed by atoms with Crippen LogP contribution in [0.4, 0.5) is 0 Å². The average molecular weight is 173 g/mol. The molecule has 0 radical (unpaired) electrons. The molecule has 0 aromatic carbocycles. The van der Waals surface area contributed by atoms with E-state index in [4.69, 9.17) is 0 Å². The maximum atomic E-state index is 10.5. The molecular formula is C7H11NO2S. The molecule has 0 spiro atoms. The summed E-state index contributed by atoms with van der Waals surface area (Å²) in [6, 6.07) is 0. The van der Waals surface area contributed by atoms with E-state index in [9.17, 15) is 9.59 Å². The van der Waals surface area contributed by atoms with E-state index in [1.165, 1.54) is 6.92 Å². The predicted molar refractivity (Wildman–Crippen MR) is 46.0 cm³/mol. The van der Waals surface area contributed by atoms with Gasteiger partial charge in [0.15, 0.2) is 0 Å². The Bertz CT molecular complexity index is 185. The van der Waals surface area contributed by atoms with Crippen LogP contribution in [0.2, 0.25) is 0 Å². The van der Waals surface area contributed by atoms with Crippen molar-refractivity contribution in [1.29, 1.82) is 0 Å². The summed E-state index contributed by atoms with van der Waals surface area (Å²) in [5, 5.41) is 2.41. The number of thioether (sulfide) groups is 1. The summed E-state index contributed by atoms with van der Waals surface area (Å²) in [7, 11) is 0. The molecule has 0 rings (SSSR count). The van der Waals surface area contributed by atoms with Gasteiger partial charge in [0.25, 0.3) is 0 Å². The van der Waals surface area contributed by atoms with Gasteiger partial charge in [-0.25, -0.2) is 4.79 Å². The van der Waals surface area contributed by atoms with Crippen LogP contribution in [0.5, 0.6) is 0 Å². The third-order valence-corrected chi connectivity index (χ3v) is 1.62. The van der Waals surface area contributed by atoms with Crippen molar-refractivity contribution in [2.75, 3.05) is 12.0 Å². The fourth-order valence-corrected chi connectivity index (χ4v) is 0.964. The van der Waals surface area contributed by atoms with Crippen molar-refractivity contribution in [2.45, 2.75) is 13.3 Å². The van der Waals surface area contributed by atoms with E-state index < -0.39 is 0 Å². The molecule has 0 saturated carbocycles. The first kappa shape index (κ1) is 10.3. The van der Waals surface area contributed by atoms with Crippen LogP contribution in [0.25, 0.3) is 0 Å². The number of carbonyl (C=O) groups is 1. The zero-order valence-electron chi connectivity index (χ0n) is 6.64. The summed E-state index contributed by atoms with van der Waals surface area (Å²) < 4.78 is 0. The minimum absolute atomic E-state index is 0.218. The molecule has 0 aliphatic heterocycles. The molecule has 0 aromatic rings. The van der Waals surface area contributed by atoms with Gasteiger partial charge in [0, 0.05) is 13.3 Å². The summed E-state index contributed by atoms with van der Waals surface area (Å²) in [5.74, 6) is 2.30. The van der Waals surface area contributed by atoms with Gasteiger partial charge >= 0.3 is 0 Å². The molecule has 62 valence electrons. The van der Waals surface area contributed by atoms with Gasteiger partial charge < -0.3 is 5.32 Å². The first-order valence-corrected chi connectivity index (χ1v) is 4.60. The number of allylic oxidation sites excluding steroid dienone is 1. The molecule has 0 atom stereocenters. The lowest BCUT2D eigenvalue weighted by Crippen LogP contribution is -2.19. The second-order valence-corrected chi connectivity index (χ2v) is 2.99. The van der Waals surface area contributed by atoms with Crippen LogP contribution in [0, 0.1) is 0 Å². The number of amides is 1. The number of nitrogens with one attached hydrogen (secondary N) is 1. The van der Waals surface area contributed by atoms with E-state index >= 15 is 0 Å². The van der Waals surface area contributed by atoms with Crippen LogP contribution < -0.4 is 5.32 Å². The standard InChI is InChI=1S/C7H11NO2S/c1-6(10)8-7(5-9)3-4-11-2/h3-4H2,1-2H3,(H,8,10). The van der Waals surface area contributed by atoms with E-state index in [2.05, 4.69) is 5.32 Å². The van der Waals surface area contributed by atoms with Gasteiger partial charge in [0.05, 0.1) is 0 Å². The number of rotatable bonds is 4. The van der Waals surface area contributed by atoms with Crippen molar-refractivity contribution in [1.82, 2.24) is 5.32 Å². The molecular weight excluding hydrogens is 162 g/mol. The van der Waals surface area contributed by atoms with Crippen molar-refractivity contribution < 1.29 is 9.59 Å². The summed E-state index contributed by atoms with van der Waals surface area (Å²) >= 11 is 1.62. The lowest BCUT2D eigenvalue weighted by Gasteiger charge is -2.00. The third kappa shape index (κ3) is 5.70. The highest BCUT2D eigenvalue weighted by Crippen LogP contribution is 2.00. The molecule has 1 amide bonds. The van der Waals surface area contributed by atoms with Crippen LogP contribution in [-0.4, -0.2) is 23.9 Å². The number of carbonyl (C=O) groups excluding carboxylic acids is 2. The van der Waals surface area contributed by atoms with Crippen LogP contribution >= 0.6 is 11.8 Å². The molecule has 4 heteroatoms. The lowest BCUT2D eigenvalue weighted by molar-refractivity contribution is -0.118. The summed E-state index contributed by atoms with van der Waals surface area (Å²) in [6.07, 6.45) is 2.51. The Labute approximate surface area is 70.2 Å². The SMILES string of the molecule is CSCCC(=C=O)NC(C)=O. The quantitative estimate of drug-likeness (QED) is 0.633. The second-order valence-electron chi connectivity index (χ2n) is 2.00. The van der Waals surface area contributed by atoms with Crippen LogP contribution in [0.15, 0.2) is 5.70 Å². The minimum Gasteiger partial charge on any atom is -0.321 e. The van der Waals surface area contributed by atoms with Gasteiger partial charge in [-0.05, 0) is 12.0 Å². The molecule has 0 fully saturated rings. The van der Waals surface area contributed by atoms with Crippen LogP contribution in [0.3, 0.4) is 0 Å². The molecule has 3 nitrogen and oxygen atoms in total. The van der Waals surface area contributed by atoms with Crippen LogP contribution in [-0.2, 0) is 9.59 Å². The van der Waals surface area contributed by atoms with Crippen molar-refractivity contribution in [3.8, 4) is 0 Å². The minimum atomic E-state index is -0.218. The zero-order valence-corrected chi connectivity index (χ0v) is 7.46. The fourth-order valence-electron chi connectivity index (χ4n) is 0.556. The molecule has 0 bridgehead atoms. The van der Waals surface area contributed by atoms with Crippen molar-refractivity contribution >= 4 is 23.6 Å². The van der Waals surface area contributed by atoms with Gasteiger partial charge in [-0.1, -0.05) is 0 Å². The molecule has 0 saturated heterocycles. The first-order valence-electron chi connectivity index (χ1n) is 3.21. The molecule has 11 heavy (non-hydrogen) atoms. The van der Waals surface area contributed by atoms with Gasteiger partial charge in [-0.2, -0.15) is 11.8 Å². The normalized spacial score (nSPS) is 8.55. The summed E-state index contributed by atoms with van der Waals surface area (Å²) in [5.41, 5.74) is 0.340. The second kappa shape index (κ2) is 6.01. The summed E-state index contributed by atoms with van der Waals surface area (Å²) in [4.78, 5) is 20.6. The Morgan fingerprint density at radius 3 is 2.64 bits per heavy atom. The van der Waals surface area contributed by atoms with E-state index in [0.29, 0.717) is 12.1 Å². The Morgan fingerprint density at radius 1 is 1.64 bits per heavy atom. The Balaban J connectivity index is 3.79. The highest BCUT2D eigenvalue weighted by Gasteiger charge is 1.98. The molecule has 1 N–H and O–H groups in total. The Kier molecular flexibility index (Phi) is 5.61. The molecule has 0 unspecified atom stereocenters. The van der Waals surface area contributed by atoms with Gasteiger partial charge in [0.1, 0.15) is 11.6 Å². The van der Waals surface area contributed by atoms with Crippen molar-refractivity contribution in [3.05, 3.63) is 5.70 Å². The monoisotopic (exact) mass is 173 g/mol. The predicted octanol–water partition coefficient (Wildman–Crippen LogP) is 0.591. The smallest absolute Gasteiger partial charge is 0.221 e. The number of hydrogen-bond donors (Lipinski definition) is 1. The Hall–Kier alpha value is -0.730. The molecule has 0 heterocycles. The van der Waals surface area contributed by atoms with Gasteiger partial charge in [-0.3, -0.25) is 4.79 Å². The van der Waals surface area contributed by atoms with E-state index in [1.54, 1.807) is 17.7 Å². The molecule has 0 aliphatic rings. The van der Waals surface area contributed by atoms with Crippen LogP contribution in [0.1, 0.15) is 13.3 Å². The maximum Gasteiger partial charge on any atom is 0.221 e. The lowest BCUT2D eigenvalue weighted by atomic mass is 10.4. The average Bonchev–Trinajstić information content (AvgIpc) is 1.97. The third-order valence-electron chi connectivity index (χ3n) is 1.01. The first-order chi connectivity index (χ1) is 5.20. The highest BCUT2D eigenvalue weighted by atomic mass is 32.2. The Morgan fingerprint density at radius 2 is 2.27 bits per heavy atom. The number of hydrogen-bond acceptors (Lipinski definition) is 3. The largest absolute Gasteiger partial charge is 0.321 e. The van der Waals surface area contributed by atoms with E-state index in [0.717, 1.165) is 5.75 Å². The van der Waals surface area contributed by atoms with E-state index in [1.807, 2.05) is 6.26 Å². The zero-order chi connectivity index (χ0) is 8.69. The van der Waals surface area contributed by atoms with Crippen molar-refractivity contribution in [3.63, 3.8) is 0 Å². The van der Waals surface area contributed by atoms with Gasteiger partial charge in [-0.15, -0.1) is 0 Å². The van der Waals surface area contributed by atoms with Gasteiger partial charge in [0.2, 0.25) is 5.91 Å². The topological polar surface area (TPSA) is 46.2 Å². The molecule has 0 aromatic heterocycles. The fraction of sp³-hybridized carbons (Fsp3) is 0.571. The van der Waals surface area contributed by atoms with E-state index in [-0.39, 0.29) is 5.91 Å². The van der Waals surface area contributed by atoms with Crippen molar-refractivity contribution in [2.24, 2.45) is 0 Å². The maximum absolute atomic E-state index is 10.5.